The highest BCUT2D eigenvalue weighted by molar-refractivity contribution is 5.64. The van der Waals surface area contributed by atoms with Crippen LogP contribution in [0.1, 0.15) is 31.9 Å². The molecule has 2 fully saturated rings. The van der Waals surface area contributed by atoms with Crippen molar-refractivity contribution in [2.75, 3.05) is 37.0 Å². The van der Waals surface area contributed by atoms with Crippen LogP contribution in [0, 0.1) is 5.82 Å². The van der Waals surface area contributed by atoms with Gasteiger partial charge in [-0.25, -0.2) is 14.4 Å². The average molecular weight is 448 g/mol. The number of likely N-dealkylation sites (N-methyl/N-ethyl adjacent to an activating group) is 1. The van der Waals surface area contributed by atoms with E-state index in [0.717, 1.165) is 36.3 Å². The fourth-order valence-corrected chi connectivity index (χ4v) is 4.96. The Bertz CT molecular complexity index is 1120. The Kier molecular flexibility index (Phi) is 6.00. The van der Waals surface area contributed by atoms with Crippen molar-refractivity contribution >= 4 is 17.3 Å². The first-order valence-electron chi connectivity index (χ1n) is 11.6. The number of likely N-dealkylation sites (tertiary alicyclic amines) is 1. The van der Waals surface area contributed by atoms with Crippen molar-refractivity contribution in [3.63, 3.8) is 0 Å². The second kappa shape index (κ2) is 9.08. The number of nitrogens with one attached hydrogen (secondary N) is 1. The summed E-state index contributed by atoms with van der Waals surface area (Å²) < 4.78 is 20.6. The van der Waals surface area contributed by atoms with Gasteiger partial charge in [-0.1, -0.05) is 24.3 Å². The van der Waals surface area contributed by atoms with Gasteiger partial charge in [0.05, 0.1) is 17.5 Å². The number of hydrogen-bond donors (Lipinski definition) is 1. The highest BCUT2D eigenvalue weighted by Gasteiger charge is 2.42. The molecule has 6 nitrogen and oxygen atoms in total. The lowest BCUT2D eigenvalue weighted by Gasteiger charge is -2.33. The predicted molar refractivity (Wildman–Crippen MR) is 129 cm³/mol. The molecule has 0 saturated carbocycles. The molecule has 2 aliphatic heterocycles. The third kappa shape index (κ3) is 4.43. The van der Waals surface area contributed by atoms with E-state index >= 15 is 0 Å². The van der Waals surface area contributed by atoms with Crippen molar-refractivity contribution in [1.29, 1.82) is 0 Å². The maximum absolute atomic E-state index is 15.0. The summed E-state index contributed by atoms with van der Waals surface area (Å²) in [5.74, 6) is 0.221. The Balaban J connectivity index is 1.29. The van der Waals surface area contributed by atoms with Gasteiger partial charge >= 0.3 is 0 Å². The number of anilines is 3. The van der Waals surface area contributed by atoms with E-state index in [0.29, 0.717) is 36.0 Å². The van der Waals surface area contributed by atoms with Gasteiger partial charge in [0.2, 0.25) is 5.95 Å². The molecule has 3 atom stereocenters. The summed E-state index contributed by atoms with van der Waals surface area (Å²) in [7, 11) is 2.15. The number of hydrogen-bond acceptors (Lipinski definition) is 6. The zero-order valence-corrected chi connectivity index (χ0v) is 19.3. The van der Waals surface area contributed by atoms with Crippen molar-refractivity contribution in [2.24, 2.45) is 0 Å². The third-order valence-corrected chi connectivity index (χ3v) is 6.78. The molecule has 2 aliphatic rings. The standard InChI is InChI=1S/C26H30FN5O/c1-4-33-17(2)18-5-7-19(8-6-18)24-11-12-28-26(30-24)29-20-9-10-25(23(27)13-20)32-16-21-14-22(32)15-31(21)3/h5-13,17,21-22H,4,14-16H2,1-3H3,(H,28,29,30)/t17?,21-,22-/m0/s1. The lowest BCUT2D eigenvalue weighted by atomic mass is 10.1. The van der Waals surface area contributed by atoms with Crippen molar-refractivity contribution in [3.8, 4) is 11.3 Å². The minimum atomic E-state index is -0.217. The number of rotatable bonds is 7. The van der Waals surface area contributed by atoms with E-state index in [4.69, 9.17) is 4.74 Å². The second-order valence-corrected chi connectivity index (χ2v) is 8.91. The Morgan fingerprint density at radius 1 is 1.12 bits per heavy atom. The van der Waals surface area contributed by atoms with Gasteiger partial charge in [-0.15, -0.1) is 0 Å². The molecule has 1 N–H and O–H groups in total. The van der Waals surface area contributed by atoms with Crippen molar-refractivity contribution in [2.45, 2.75) is 38.5 Å². The molecule has 0 radical (unpaired) electrons. The van der Waals surface area contributed by atoms with E-state index < -0.39 is 0 Å². The van der Waals surface area contributed by atoms with E-state index in [2.05, 4.69) is 44.3 Å². The van der Waals surface area contributed by atoms with Crippen LogP contribution in [0.15, 0.2) is 54.7 Å². The highest BCUT2D eigenvalue weighted by atomic mass is 19.1. The molecule has 0 aliphatic carbocycles. The molecule has 2 saturated heterocycles. The molecule has 172 valence electrons. The van der Waals surface area contributed by atoms with Crippen LogP contribution in [0.25, 0.3) is 11.3 Å². The molecule has 1 aromatic heterocycles. The molecule has 3 heterocycles. The molecule has 33 heavy (non-hydrogen) atoms. The monoisotopic (exact) mass is 447 g/mol. The van der Waals surface area contributed by atoms with Gasteiger partial charge in [-0.3, -0.25) is 4.90 Å². The van der Waals surface area contributed by atoms with Gasteiger partial charge in [-0.2, -0.15) is 0 Å². The Labute approximate surface area is 194 Å². The molecule has 2 aromatic carbocycles. The van der Waals surface area contributed by atoms with Gasteiger partial charge in [0.15, 0.2) is 0 Å². The first-order valence-corrected chi connectivity index (χ1v) is 11.6. The zero-order valence-electron chi connectivity index (χ0n) is 19.3. The lowest BCUT2D eigenvalue weighted by molar-refractivity contribution is 0.0764. The lowest BCUT2D eigenvalue weighted by Crippen LogP contribution is -2.44. The first kappa shape index (κ1) is 21.8. The summed E-state index contributed by atoms with van der Waals surface area (Å²) in [5.41, 5.74) is 4.23. The Hall–Kier alpha value is -3.03. The number of fused-ring (bicyclic) bond motifs is 2. The summed E-state index contributed by atoms with van der Waals surface area (Å²) in [6.07, 6.45) is 2.88. The largest absolute Gasteiger partial charge is 0.374 e. The molecular formula is C26H30FN5O. The van der Waals surface area contributed by atoms with Gasteiger partial charge in [0, 0.05) is 49.2 Å². The van der Waals surface area contributed by atoms with Gasteiger partial charge < -0.3 is 15.0 Å². The van der Waals surface area contributed by atoms with Gasteiger partial charge in [-0.05, 0) is 57.1 Å². The number of ether oxygens (including phenoxy) is 1. The smallest absolute Gasteiger partial charge is 0.227 e. The van der Waals surface area contributed by atoms with Crippen LogP contribution in [0.4, 0.5) is 21.7 Å². The van der Waals surface area contributed by atoms with E-state index in [-0.39, 0.29) is 11.9 Å². The van der Waals surface area contributed by atoms with Crippen LogP contribution >= 0.6 is 0 Å². The molecule has 7 heteroatoms. The Morgan fingerprint density at radius 2 is 1.94 bits per heavy atom. The molecule has 0 spiro atoms. The van der Waals surface area contributed by atoms with Crippen LogP contribution < -0.4 is 10.2 Å². The van der Waals surface area contributed by atoms with E-state index in [1.807, 2.05) is 44.2 Å². The maximum atomic E-state index is 15.0. The van der Waals surface area contributed by atoms with E-state index in [9.17, 15) is 4.39 Å². The molecule has 1 unspecified atom stereocenters. The van der Waals surface area contributed by atoms with Crippen molar-refractivity contribution in [3.05, 3.63) is 66.1 Å². The van der Waals surface area contributed by atoms with Crippen LogP contribution in [0.5, 0.6) is 0 Å². The number of aromatic nitrogens is 2. The van der Waals surface area contributed by atoms with Crippen LogP contribution in [0.3, 0.4) is 0 Å². The summed E-state index contributed by atoms with van der Waals surface area (Å²) in [5, 5.41) is 3.15. The number of benzene rings is 2. The number of piperazine rings is 1. The number of halogens is 1. The maximum Gasteiger partial charge on any atom is 0.227 e. The quantitative estimate of drug-likeness (QED) is 0.549. The fourth-order valence-electron chi connectivity index (χ4n) is 4.96. The topological polar surface area (TPSA) is 53.5 Å². The van der Waals surface area contributed by atoms with Crippen LogP contribution in [-0.2, 0) is 4.74 Å². The average Bonchev–Trinajstić information content (AvgIpc) is 3.39. The van der Waals surface area contributed by atoms with Crippen LogP contribution in [-0.4, -0.2) is 53.7 Å². The van der Waals surface area contributed by atoms with E-state index in [1.165, 1.54) is 6.07 Å². The molecule has 2 bridgehead atoms. The summed E-state index contributed by atoms with van der Waals surface area (Å²) in [6, 6.07) is 16.3. The van der Waals surface area contributed by atoms with Crippen molar-refractivity contribution in [1.82, 2.24) is 14.9 Å². The van der Waals surface area contributed by atoms with Crippen molar-refractivity contribution < 1.29 is 9.13 Å². The molecule has 3 aromatic rings. The van der Waals surface area contributed by atoms with Gasteiger partial charge in [0.1, 0.15) is 5.82 Å². The predicted octanol–water partition coefficient (Wildman–Crippen LogP) is 5.02. The minimum absolute atomic E-state index is 0.0567. The summed E-state index contributed by atoms with van der Waals surface area (Å²) in [6.45, 7) is 6.60. The summed E-state index contributed by atoms with van der Waals surface area (Å²) >= 11 is 0. The van der Waals surface area contributed by atoms with E-state index in [1.54, 1.807) is 6.20 Å². The molecular weight excluding hydrogens is 417 g/mol. The van der Waals surface area contributed by atoms with Gasteiger partial charge in [0.25, 0.3) is 0 Å². The third-order valence-electron chi connectivity index (χ3n) is 6.78. The van der Waals surface area contributed by atoms with Crippen LogP contribution in [0.2, 0.25) is 0 Å². The first-order chi connectivity index (χ1) is 16.0. The molecule has 5 rings (SSSR count). The Morgan fingerprint density at radius 3 is 2.61 bits per heavy atom. The minimum Gasteiger partial charge on any atom is -0.374 e. The zero-order chi connectivity index (χ0) is 22.9. The normalized spacial score (nSPS) is 20.9. The SMILES string of the molecule is CCOC(C)c1ccc(-c2ccnc(Nc3ccc(N4C[C@@H]5C[C@H]4CN5C)c(F)c3)n2)cc1. The molecule has 0 amide bonds. The summed E-state index contributed by atoms with van der Waals surface area (Å²) in [4.78, 5) is 13.5. The highest BCUT2D eigenvalue weighted by Crippen LogP contribution is 2.36. The fraction of sp³-hybridized carbons (Fsp3) is 0.385. The second-order valence-electron chi connectivity index (χ2n) is 8.91. The number of nitrogens with zero attached hydrogens (tertiary/aromatic N) is 4.